The Hall–Kier alpha value is -3.44. The van der Waals surface area contributed by atoms with E-state index >= 15 is 0 Å². The molecule has 6 rings (SSSR count). The van der Waals surface area contributed by atoms with Crippen LogP contribution < -0.4 is 9.64 Å². The molecule has 1 spiro atoms. The number of carbonyl (C=O) groups is 1. The highest BCUT2D eigenvalue weighted by Crippen LogP contribution is 2.48. The van der Waals surface area contributed by atoms with Gasteiger partial charge in [0, 0.05) is 36.7 Å². The summed E-state index contributed by atoms with van der Waals surface area (Å²) in [7, 11) is 2.15. The topological polar surface area (TPSA) is 85.6 Å². The van der Waals surface area contributed by atoms with E-state index in [0.29, 0.717) is 38.3 Å². The highest BCUT2D eigenvalue weighted by atomic mass is 16.5. The number of rotatable bonds is 6. The van der Waals surface area contributed by atoms with Crippen molar-refractivity contribution in [3.8, 4) is 12.1 Å². The number of likely N-dealkylation sites (tertiary alicyclic amines) is 1. The van der Waals surface area contributed by atoms with Crippen molar-refractivity contribution >= 4 is 11.7 Å². The Kier molecular flexibility index (Phi) is 7.03. The number of piperazine rings is 1. The Bertz CT molecular complexity index is 1300. The van der Waals surface area contributed by atoms with Gasteiger partial charge in [-0.3, -0.25) is 4.79 Å². The smallest absolute Gasteiger partial charge is 0.318 e. The summed E-state index contributed by atoms with van der Waals surface area (Å²) in [6, 6.07) is 11.8. The zero-order valence-corrected chi connectivity index (χ0v) is 22.9. The van der Waals surface area contributed by atoms with Crippen LogP contribution in [-0.4, -0.2) is 77.6 Å². The van der Waals surface area contributed by atoms with E-state index in [4.69, 9.17) is 14.7 Å². The lowest BCUT2D eigenvalue weighted by atomic mass is 9.69. The van der Waals surface area contributed by atoms with Gasteiger partial charge >= 0.3 is 6.01 Å². The number of amides is 1. The lowest BCUT2D eigenvalue weighted by Crippen LogP contribution is -2.55. The molecule has 0 saturated carbocycles. The van der Waals surface area contributed by atoms with Crippen molar-refractivity contribution in [3.05, 3.63) is 59.3 Å². The van der Waals surface area contributed by atoms with Gasteiger partial charge in [0.15, 0.2) is 0 Å². The molecular weight excluding hydrogens is 488 g/mol. The number of likely N-dealkylation sites (N-methyl/N-ethyl adjacent to an activating group) is 1. The first kappa shape index (κ1) is 25.8. The molecule has 3 atom stereocenters. The maximum absolute atomic E-state index is 12.5. The Labute approximate surface area is 231 Å². The summed E-state index contributed by atoms with van der Waals surface area (Å²) < 4.78 is 6.31. The second-order valence-corrected chi connectivity index (χ2v) is 11.7. The van der Waals surface area contributed by atoms with Crippen molar-refractivity contribution in [2.45, 2.75) is 68.9 Å². The molecule has 1 amide bonds. The van der Waals surface area contributed by atoms with Crippen LogP contribution in [0, 0.1) is 11.3 Å². The molecule has 3 heterocycles. The van der Waals surface area contributed by atoms with Crippen LogP contribution in [0.5, 0.6) is 6.01 Å². The molecule has 2 aliphatic carbocycles. The Morgan fingerprint density at radius 2 is 2.05 bits per heavy atom. The Morgan fingerprint density at radius 3 is 2.85 bits per heavy atom. The van der Waals surface area contributed by atoms with Crippen LogP contribution >= 0.6 is 0 Å². The maximum atomic E-state index is 12.5. The largest absolute Gasteiger partial charge is 0.462 e. The monoisotopic (exact) mass is 526 g/mol. The van der Waals surface area contributed by atoms with E-state index in [1.807, 2.05) is 0 Å². The highest BCUT2D eigenvalue weighted by Gasteiger charge is 2.43. The van der Waals surface area contributed by atoms with Crippen molar-refractivity contribution in [2.75, 3.05) is 44.7 Å². The SMILES string of the molecule is C=CC(=O)N1CCN(c2nc(OC[C@@H]3CCCN3C)nc3c2CCC2(CCc4ccccc42)C3)C[C@@H]1CC#N. The molecule has 2 fully saturated rings. The third kappa shape index (κ3) is 4.78. The number of hydrogen-bond donors (Lipinski definition) is 0. The van der Waals surface area contributed by atoms with Crippen LogP contribution in [0.4, 0.5) is 5.82 Å². The van der Waals surface area contributed by atoms with Gasteiger partial charge in [-0.2, -0.15) is 15.2 Å². The van der Waals surface area contributed by atoms with Crippen LogP contribution in [0.25, 0.3) is 0 Å². The van der Waals surface area contributed by atoms with Crippen molar-refractivity contribution in [1.82, 2.24) is 19.8 Å². The van der Waals surface area contributed by atoms with E-state index in [2.05, 4.69) is 53.8 Å². The average Bonchev–Trinajstić information content (AvgIpc) is 3.54. The predicted octanol–water partition coefficient (Wildman–Crippen LogP) is 3.44. The molecule has 8 heteroatoms. The molecule has 0 radical (unpaired) electrons. The van der Waals surface area contributed by atoms with Crippen molar-refractivity contribution in [3.63, 3.8) is 0 Å². The third-order valence-electron chi connectivity index (χ3n) is 9.51. The van der Waals surface area contributed by atoms with Crippen LogP contribution in [0.2, 0.25) is 0 Å². The molecule has 1 aromatic heterocycles. The summed E-state index contributed by atoms with van der Waals surface area (Å²) in [6.45, 7) is 7.10. The van der Waals surface area contributed by atoms with Gasteiger partial charge in [0.2, 0.25) is 5.91 Å². The van der Waals surface area contributed by atoms with Gasteiger partial charge in [0.1, 0.15) is 12.4 Å². The van der Waals surface area contributed by atoms with E-state index in [-0.39, 0.29) is 23.8 Å². The third-order valence-corrected chi connectivity index (χ3v) is 9.51. The fourth-order valence-corrected chi connectivity index (χ4v) is 7.30. The van der Waals surface area contributed by atoms with Gasteiger partial charge in [0.05, 0.1) is 24.2 Å². The molecule has 0 bridgehead atoms. The quantitative estimate of drug-likeness (QED) is 0.533. The highest BCUT2D eigenvalue weighted by molar-refractivity contribution is 5.87. The predicted molar refractivity (Wildman–Crippen MR) is 150 cm³/mol. The summed E-state index contributed by atoms with van der Waals surface area (Å²) >= 11 is 0. The first-order valence-corrected chi connectivity index (χ1v) is 14.4. The Morgan fingerprint density at radius 1 is 1.21 bits per heavy atom. The van der Waals surface area contributed by atoms with Crippen LogP contribution in [0.15, 0.2) is 36.9 Å². The number of hydrogen-bond acceptors (Lipinski definition) is 7. The van der Waals surface area contributed by atoms with Crippen molar-refractivity contribution in [1.29, 1.82) is 5.26 Å². The summed E-state index contributed by atoms with van der Waals surface area (Å²) in [4.78, 5) is 28.9. The number of ether oxygens (including phenoxy) is 1. The fraction of sp³-hybridized carbons (Fsp3) is 0.548. The molecule has 2 saturated heterocycles. The van der Waals surface area contributed by atoms with Crippen LogP contribution in [0.3, 0.4) is 0 Å². The summed E-state index contributed by atoms with van der Waals surface area (Å²) in [5.41, 5.74) is 5.37. The summed E-state index contributed by atoms with van der Waals surface area (Å²) in [5.74, 6) is 0.802. The minimum Gasteiger partial charge on any atom is -0.462 e. The minimum atomic E-state index is -0.201. The number of aryl methyl sites for hydroxylation is 1. The van der Waals surface area contributed by atoms with Gasteiger partial charge in [-0.05, 0) is 75.7 Å². The van der Waals surface area contributed by atoms with E-state index in [9.17, 15) is 10.1 Å². The first-order chi connectivity index (χ1) is 19.0. The lowest BCUT2D eigenvalue weighted by Gasteiger charge is -2.42. The molecule has 0 N–H and O–H groups in total. The van der Waals surface area contributed by atoms with E-state index in [0.717, 1.165) is 56.6 Å². The van der Waals surface area contributed by atoms with Gasteiger partial charge in [0.25, 0.3) is 0 Å². The number of nitriles is 1. The molecule has 4 aliphatic rings. The van der Waals surface area contributed by atoms with E-state index < -0.39 is 0 Å². The summed E-state index contributed by atoms with van der Waals surface area (Å²) in [5, 5.41) is 9.50. The van der Waals surface area contributed by atoms with Crippen LogP contribution in [-0.2, 0) is 29.5 Å². The minimum absolute atomic E-state index is 0.119. The molecule has 1 aromatic carbocycles. The normalized spacial score (nSPS) is 26.3. The van der Waals surface area contributed by atoms with Crippen molar-refractivity contribution in [2.24, 2.45) is 0 Å². The average molecular weight is 527 g/mol. The number of nitrogens with zero attached hydrogens (tertiary/aromatic N) is 6. The number of anilines is 1. The standard InChI is InChI=1S/C31H38N6O2/c1-3-28(38)37-18-17-36(20-23(37)12-15-32)29-25-11-14-31(13-10-22-7-4-5-9-26(22)31)19-27(25)33-30(34-29)39-21-24-8-6-16-35(24)2/h3-5,7,9,23-24H,1,6,8,10-14,16-21H2,2H3/t23-,24-,31?/m0/s1. The maximum Gasteiger partial charge on any atom is 0.318 e. The van der Waals surface area contributed by atoms with E-state index in [1.165, 1.54) is 29.2 Å². The number of aromatic nitrogens is 2. The number of benzene rings is 1. The zero-order chi connectivity index (χ0) is 27.0. The summed E-state index contributed by atoms with van der Waals surface area (Å²) in [6.07, 6.45) is 9.11. The number of carbonyl (C=O) groups excluding carboxylic acids is 1. The number of fused-ring (bicyclic) bond motifs is 3. The van der Waals surface area contributed by atoms with Gasteiger partial charge in [-0.1, -0.05) is 30.8 Å². The molecular formula is C31H38N6O2. The van der Waals surface area contributed by atoms with Gasteiger partial charge < -0.3 is 19.4 Å². The second kappa shape index (κ2) is 10.6. The van der Waals surface area contributed by atoms with Crippen LogP contribution in [0.1, 0.15) is 54.5 Å². The first-order valence-electron chi connectivity index (χ1n) is 14.4. The van der Waals surface area contributed by atoms with E-state index in [1.54, 1.807) is 4.90 Å². The zero-order valence-electron chi connectivity index (χ0n) is 22.9. The molecule has 8 nitrogen and oxygen atoms in total. The molecule has 204 valence electrons. The molecule has 39 heavy (non-hydrogen) atoms. The molecule has 2 aliphatic heterocycles. The van der Waals surface area contributed by atoms with Crippen molar-refractivity contribution < 1.29 is 9.53 Å². The van der Waals surface area contributed by atoms with Gasteiger partial charge in [-0.15, -0.1) is 0 Å². The Balaban J connectivity index is 1.33. The lowest BCUT2D eigenvalue weighted by molar-refractivity contribution is -0.128. The second-order valence-electron chi connectivity index (χ2n) is 11.7. The molecule has 1 unspecified atom stereocenters. The fourth-order valence-electron chi connectivity index (χ4n) is 7.30. The molecule has 2 aromatic rings. The van der Waals surface area contributed by atoms with Gasteiger partial charge in [-0.25, -0.2) is 0 Å².